The fourth-order valence-corrected chi connectivity index (χ4v) is 2.25. The maximum Gasteiger partial charge on any atom is 0.160 e. The van der Waals surface area contributed by atoms with E-state index < -0.39 is 0 Å². The van der Waals surface area contributed by atoms with E-state index in [2.05, 4.69) is 28.4 Å². The summed E-state index contributed by atoms with van der Waals surface area (Å²) in [5.74, 6) is 2.22. The molecule has 0 aliphatic carbocycles. The molecule has 18 heavy (non-hydrogen) atoms. The van der Waals surface area contributed by atoms with Crippen molar-refractivity contribution in [1.29, 1.82) is 0 Å². The van der Waals surface area contributed by atoms with Crippen LogP contribution < -0.4 is 0 Å². The van der Waals surface area contributed by atoms with Gasteiger partial charge in [-0.2, -0.15) is 0 Å². The van der Waals surface area contributed by atoms with Crippen LogP contribution in [0.15, 0.2) is 12.3 Å². The van der Waals surface area contributed by atoms with Gasteiger partial charge in [0.2, 0.25) is 0 Å². The van der Waals surface area contributed by atoms with E-state index >= 15 is 0 Å². The molecule has 0 aromatic carbocycles. The molecule has 2 heterocycles. The minimum atomic E-state index is 0.568. The highest BCUT2D eigenvalue weighted by atomic mass is 35.5. The Bertz CT molecular complexity index is 534. The molecule has 0 aliphatic rings. The first-order chi connectivity index (χ1) is 8.61. The minimum absolute atomic E-state index is 0.568. The normalized spacial score (nSPS) is 11.6. The van der Waals surface area contributed by atoms with Crippen molar-refractivity contribution in [2.45, 2.75) is 33.2 Å². The van der Waals surface area contributed by atoms with Crippen molar-refractivity contribution in [2.75, 3.05) is 5.88 Å². The number of hydrogen-bond acceptors (Lipinski definition) is 2. The number of imidazole rings is 1. The fourth-order valence-electron chi connectivity index (χ4n) is 1.93. The molecule has 0 N–H and O–H groups in total. The van der Waals surface area contributed by atoms with Crippen LogP contribution in [0, 0.1) is 5.92 Å². The molecule has 0 radical (unpaired) electrons. The van der Waals surface area contributed by atoms with Gasteiger partial charge in [-0.1, -0.05) is 25.4 Å². The second kappa shape index (κ2) is 5.89. The van der Waals surface area contributed by atoms with Crippen molar-refractivity contribution in [3.05, 3.63) is 23.1 Å². The van der Waals surface area contributed by atoms with Crippen molar-refractivity contribution < 1.29 is 0 Å². The van der Waals surface area contributed by atoms with E-state index in [4.69, 9.17) is 23.2 Å². The molecule has 0 saturated carbocycles. The first-order valence-electron chi connectivity index (χ1n) is 6.18. The summed E-state index contributed by atoms with van der Waals surface area (Å²) < 4.78 is 2.16. The number of pyridine rings is 1. The number of halogens is 2. The molecule has 0 spiro atoms. The van der Waals surface area contributed by atoms with Crippen molar-refractivity contribution in [3.63, 3.8) is 0 Å². The van der Waals surface area contributed by atoms with Crippen LogP contribution in [0.5, 0.6) is 0 Å². The maximum absolute atomic E-state index is 5.95. The molecule has 2 rings (SSSR count). The lowest BCUT2D eigenvalue weighted by atomic mass is 10.1. The highest BCUT2D eigenvalue weighted by Gasteiger charge is 2.12. The monoisotopic (exact) mass is 285 g/mol. The predicted octanol–water partition coefficient (Wildman–Crippen LogP) is 3.91. The van der Waals surface area contributed by atoms with E-state index in [1.807, 2.05) is 6.07 Å². The Hall–Kier alpha value is -0.800. The number of rotatable bonds is 5. The van der Waals surface area contributed by atoms with Crippen LogP contribution in [0.25, 0.3) is 11.2 Å². The van der Waals surface area contributed by atoms with Gasteiger partial charge in [0.25, 0.3) is 0 Å². The molecule has 0 atom stereocenters. The molecular formula is C13H17Cl2N3. The third-order valence-electron chi connectivity index (χ3n) is 2.88. The number of alkyl halides is 1. The molecule has 0 bridgehead atoms. The zero-order valence-electron chi connectivity index (χ0n) is 10.7. The smallest absolute Gasteiger partial charge is 0.160 e. The Kier molecular flexibility index (Phi) is 4.46. The molecule has 3 nitrogen and oxygen atoms in total. The second-order valence-corrected chi connectivity index (χ2v) is 5.61. The van der Waals surface area contributed by atoms with E-state index in [1.54, 1.807) is 6.20 Å². The quantitative estimate of drug-likeness (QED) is 0.780. The SMILES string of the molecule is CC(C)CCn1c(CCCl)nc2cc(Cl)cnc21. The Labute approximate surface area is 117 Å². The zero-order valence-corrected chi connectivity index (χ0v) is 12.2. The first kappa shape index (κ1) is 13.6. The van der Waals surface area contributed by atoms with Gasteiger partial charge in [-0.15, -0.1) is 11.6 Å². The van der Waals surface area contributed by atoms with Crippen molar-refractivity contribution in [1.82, 2.24) is 14.5 Å². The Morgan fingerprint density at radius 3 is 2.83 bits per heavy atom. The van der Waals surface area contributed by atoms with Crippen LogP contribution in [-0.2, 0) is 13.0 Å². The van der Waals surface area contributed by atoms with Crippen molar-refractivity contribution in [3.8, 4) is 0 Å². The lowest BCUT2D eigenvalue weighted by Gasteiger charge is -2.09. The van der Waals surface area contributed by atoms with E-state index in [0.717, 1.165) is 36.4 Å². The molecule has 2 aromatic heterocycles. The summed E-state index contributed by atoms with van der Waals surface area (Å²) in [6.07, 6.45) is 3.53. The maximum atomic E-state index is 5.95. The summed E-state index contributed by atoms with van der Waals surface area (Å²) in [6.45, 7) is 5.35. The fraction of sp³-hybridized carbons (Fsp3) is 0.538. The molecule has 5 heteroatoms. The Morgan fingerprint density at radius 2 is 2.17 bits per heavy atom. The van der Waals surface area contributed by atoms with Crippen LogP contribution in [0.1, 0.15) is 26.1 Å². The Balaban J connectivity index is 2.41. The average Bonchev–Trinajstić information content (AvgIpc) is 2.63. The second-order valence-electron chi connectivity index (χ2n) is 4.80. The lowest BCUT2D eigenvalue weighted by Crippen LogP contribution is -2.07. The molecular weight excluding hydrogens is 269 g/mol. The molecule has 2 aromatic rings. The highest BCUT2D eigenvalue weighted by molar-refractivity contribution is 6.31. The third-order valence-corrected chi connectivity index (χ3v) is 3.27. The van der Waals surface area contributed by atoms with Gasteiger partial charge in [-0.25, -0.2) is 9.97 Å². The summed E-state index contributed by atoms with van der Waals surface area (Å²) >= 11 is 11.8. The number of hydrogen-bond donors (Lipinski definition) is 0. The molecule has 0 saturated heterocycles. The highest BCUT2D eigenvalue weighted by Crippen LogP contribution is 2.19. The molecule has 0 fully saturated rings. The largest absolute Gasteiger partial charge is 0.313 e. The summed E-state index contributed by atoms with van der Waals surface area (Å²) in [5.41, 5.74) is 1.76. The first-order valence-corrected chi connectivity index (χ1v) is 7.09. The van der Waals surface area contributed by atoms with Gasteiger partial charge in [-0.05, 0) is 18.4 Å². The van der Waals surface area contributed by atoms with Crippen LogP contribution in [0.4, 0.5) is 0 Å². The van der Waals surface area contributed by atoms with E-state index in [9.17, 15) is 0 Å². The summed E-state index contributed by atoms with van der Waals surface area (Å²) in [6, 6.07) is 1.85. The van der Waals surface area contributed by atoms with Crippen LogP contribution in [0.3, 0.4) is 0 Å². The van der Waals surface area contributed by atoms with Gasteiger partial charge >= 0.3 is 0 Å². The van der Waals surface area contributed by atoms with Gasteiger partial charge in [0.15, 0.2) is 5.65 Å². The molecule has 0 aliphatic heterocycles. The van der Waals surface area contributed by atoms with Gasteiger partial charge in [-0.3, -0.25) is 0 Å². The summed E-state index contributed by atoms with van der Waals surface area (Å²) in [5, 5.41) is 0.619. The van der Waals surface area contributed by atoms with Gasteiger partial charge in [0.05, 0.1) is 5.02 Å². The van der Waals surface area contributed by atoms with Crippen molar-refractivity contribution >= 4 is 34.4 Å². The van der Waals surface area contributed by atoms with E-state index in [0.29, 0.717) is 16.8 Å². The lowest BCUT2D eigenvalue weighted by molar-refractivity contribution is 0.512. The van der Waals surface area contributed by atoms with Crippen LogP contribution >= 0.6 is 23.2 Å². The number of aromatic nitrogens is 3. The Morgan fingerprint density at radius 1 is 1.39 bits per heavy atom. The van der Waals surface area contributed by atoms with Gasteiger partial charge in [0.1, 0.15) is 11.3 Å². The minimum Gasteiger partial charge on any atom is -0.313 e. The number of aryl methyl sites for hydroxylation is 2. The van der Waals surface area contributed by atoms with Crippen molar-refractivity contribution in [2.24, 2.45) is 5.92 Å². The zero-order chi connectivity index (χ0) is 13.1. The molecule has 0 amide bonds. The molecule has 98 valence electrons. The standard InChI is InChI=1S/C13H17Cl2N3/c1-9(2)4-6-18-12(3-5-14)17-11-7-10(15)8-16-13(11)18/h7-9H,3-6H2,1-2H3. The predicted molar refractivity (Wildman–Crippen MR) is 76.4 cm³/mol. The van der Waals surface area contributed by atoms with E-state index in [-0.39, 0.29) is 0 Å². The topological polar surface area (TPSA) is 30.7 Å². The van der Waals surface area contributed by atoms with Crippen LogP contribution in [0.2, 0.25) is 5.02 Å². The van der Waals surface area contributed by atoms with Gasteiger partial charge < -0.3 is 4.57 Å². The van der Waals surface area contributed by atoms with E-state index in [1.165, 1.54) is 0 Å². The third kappa shape index (κ3) is 2.96. The number of fused-ring (bicyclic) bond motifs is 1. The number of nitrogens with zero attached hydrogens (tertiary/aromatic N) is 3. The average molecular weight is 286 g/mol. The van der Waals surface area contributed by atoms with Crippen LogP contribution in [-0.4, -0.2) is 20.4 Å². The molecule has 0 unspecified atom stereocenters. The summed E-state index contributed by atoms with van der Waals surface area (Å²) in [7, 11) is 0. The van der Waals surface area contributed by atoms with Gasteiger partial charge in [0, 0.05) is 25.0 Å². The summed E-state index contributed by atoms with van der Waals surface area (Å²) in [4.78, 5) is 8.96.